The molecule has 1 aliphatic rings. The predicted molar refractivity (Wildman–Crippen MR) is 61.1 cm³/mol. The summed E-state index contributed by atoms with van der Waals surface area (Å²) in [5.74, 6) is 0.263. The third-order valence-corrected chi connectivity index (χ3v) is 2.79. The highest BCUT2D eigenvalue weighted by atomic mass is 79.9. The van der Waals surface area contributed by atoms with Crippen molar-refractivity contribution in [2.45, 2.75) is 12.8 Å². The van der Waals surface area contributed by atoms with E-state index in [0.717, 1.165) is 9.37 Å². The highest BCUT2D eigenvalue weighted by Crippen LogP contribution is 2.19. The molecule has 0 N–H and O–H groups in total. The average molecular weight is 284 g/mol. The van der Waals surface area contributed by atoms with E-state index in [2.05, 4.69) is 15.9 Å². The van der Waals surface area contributed by atoms with E-state index in [1.165, 1.54) is 0 Å². The molecule has 1 saturated heterocycles. The van der Waals surface area contributed by atoms with Crippen molar-refractivity contribution >= 4 is 27.9 Å². The smallest absolute Gasteiger partial charge is 0.410 e. The van der Waals surface area contributed by atoms with Gasteiger partial charge in [-0.3, -0.25) is 4.79 Å². The number of ether oxygens (including phenoxy) is 1. The lowest BCUT2D eigenvalue weighted by Crippen LogP contribution is -2.34. The highest BCUT2D eigenvalue weighted by molar-refractivity contribution is 9.10. The molecule has 1 aliphatic heterocycles. The molecule has 0 radical (unpaired) electrons. The number of carbonyl (C=O) groups excluding carboxylic acids is 2. The highest BCUT2D eigenvalue weighted by Gasteiger charge is 2.27. The van der Waals surface area contributed by atoms with Crippen LogP contribution in [0.4, 0.5) is 4.79 Å². The van der Waals surface area contributed by atoms with Gasteiger partial charge in [0.05, 0.1) is 0 Å². The van der Waals surface area contributed by atoms with Crippen LogP contribution in [0, 0.1) is 0 Å². The molecule has 5 heteroatoms. The van der Waals surface area contributed by atoms with Crippen molar-refractivity contribution in [2.75, 3.05) is 6.54 Å². The van der Waals surface area contributed by atoms with Gasteiger partial charge in [-0.2, -0.15) is 0 Å². The van der Waals surface area contributed by atoms with Crippen molar-refractivity contribution in [3.05, 3.63) is 28.7 Å². The lowest BCUT2D eigenvalue weighted by molar-refractivity contribution is -0.125. The van der Waals surface area contributed by atoms with Gasteiger partial charge in [0, 0.05) is 17.4 Å². The Labute approximate surface area is 101 Å². The summed E-state index contributed by atoms with van der Waals surface area (Å²) in [6, 6.07) is 6.94. The van der Waals surface area contributed by atoms with E-state index in [1.807, 2.05) is 6.07 Å². The summed E-state index contributed by atoms with van der Waals surface area (Å²) in [4.78, 5) is 24.0. The molecule has 1 aromatic rings. The van der Waals surface area contributed by atoms with Crippen LogP contribution in [0.5, 0.6) is 5.75 Å². The molecule has 16 heavy (non-hydrogen) atoms. The van der Waals surface area contributed by atoms with Gasteiger partial charge in [0.2, 0.25) is 5.91 Å². The lowest BCUT2D eigenvalue weighted by atomic mass is 10.3. The largest absolute Gasteiger partial charge is 0.421 e. The number of carbonyl (C=O) groups is 2. The number of likely N-dealkylation sites (tertiary alicyclic amines) is 1. The van der Waals surface area contributed by atoms with Gasteiger partial charge in [0.25, 0.3) is 0 Å². The van der Waals surface area contributed by atoms with E-state index in [1.54, 1.807) is 18.2 Å². The van der Waals surface area contributed by atoms with Crippen LogP contribution in [-0.2, 0) is 4.79 Å². The zero-order chi connectivity index (χ0) is 11.5. The summed E-state index contributed by atoms with van der Waals surface area (Å²) in [6.07, 6.45) is 0.542. The molecule has 2 amide bonds. The Kier molecular flexibility index (Phi) is 3.24. The van der Waals surface area contributed by atoms with Crippen molar-refractivity contribution in [2.24, 2.45) is 0 Å². The van der Waals surface area contributed by atoms with Gasteiger partial charge in [-0.25, -0.2) is 9.69 Å². The van der Waals surface area contributed by atoms with Crippen LogP contribution < -0.4 is 4.74 Å². The van der Waals surface area contributed by atoms with Crippen LogP contribution in [-0.4, -0.2) is 23.4 Å². The van der Waals surface area contributed by atoms with Gasteiger partial charge < -0.3 is 4.74 Å². The molecule has 0 saturated carbocycles. The summed E-state index contributed by atoms with van der Waals surface area (Å²) >= 11 is 3.28. The SMILES string of the molecule is O=C1CCCN1C(=O)Oc1cccc(Br)c1. The van der Waals surface area contributed by atoms with Gasteiger partial charge in [-0.15, -0.1) is 0 Å². The Morgan fingerprint density at radius 2 is 2.25 bits per heavy atom. The summed E-state index contributed by atoms with van der Waals surface area (Å²) in [7, 11) is 0. The molecule has 0 unspecified atom stereocenters. The van der Waals surface area contributed by atoms with E-state index in [4.69, 9.17) is 4.74 Å². The Morgan fingerprint density at radius 3 is 2.88 bits per heavy atom. The van der Waals surface area contributed by atoms with E-state index in [-0.39, 0.29) is 5.91 Å². The molecule has 0 bridgehead atoms. The van der Waals surface area contributed by atoms with Crippen LogP contribution in [0.25, 0.3) is 0 Å². The number of nitrogens with zero attached hydrogens (tertiary/aromatic N) is 1. The fraction of sp³-hybridized carbons (Fsp3) is 0.273. The molecule has 2 rings (SSSR count). The minimum Gasteiger partial charge on any atom is -0.410 e. The fourth-order valence-electron chi connectivity index (χ4n) is 1.53. The zero-order valence-electron chi connectivity index (χ0n) is 8.48. The van der Waals surface area contributed by atoms with Crippen molar-refractivity contribution in [1.82, 2.24) is 4.90 Å². The standard InChI is InChI=1S/C11H10BrNO3/c12-8-3-1-4-9(7-8)16-11(15)13-6-2-5-10(13)14/h1,3-4,7H,2,5-6H2. The van der Waals surface area contributed by atoms with Crippen LogP contribution in [0.2, 0.25) is 0 Å². The first-order valence-corrected chi connectivity index (χ1v) is 5.74. The summed E-state index contributed by atoms with van der Waals surface area (Å²) < 4.78 is 5.91. The first kappa shape index (κ1) is 11.1. The van der Waals surface area contributed by atoms with E-state index in [0.29, 0.717) is 25.1 Å². The molecule has 0 aromatic heterocycles. The molecule has 1 fully saturated rings. The first-order valence-electron chi connectivity index (χ1n) is 4.94. The Hall–Kier alpha value is -1.36. The van der Waals surface area contributed by atoms with Crippen molar-refractivity contribution in [1.29, 1.82) is 0 Å². The molecular weight excluding hydrogens is 274 g/mol. The number of amides is 2. The maximum absolute atomic E-state index is 11.6. The molecule has 0 atom stereocenters. The van der Waals surface area contributed by atoms with E-state index < -0.39 is 6.09 Å². The third kappa shape index (κ3) is 2.41. The molecule has 1 heterocycles. The monoisotopic (exact) mass is 283 g/mol. The Morgan fingerprint density at radius 1 is 1.44 bits per heavy atom. The topological polar surface area (TPSA) is 46.6 Å². The third-order valence-electron chi connectivity index (χ3n) is 2.30. The zero-order valence-corrected chi connectivity index (χ0v) is 10.1. The maximum Gasteiger partial charge on any atom is 0.421 e. The van der Waals surface area contributed by atoms with Crippen molar-refractivity contribution in [3.8, 4) is 5.75 Å². The number of halogens is 1. The Balaban J connectivity index is 2.04. The number of benzene rings is 1. The molecule has 0 spiro atoms. The minimum absolute atomic E-state index is 0.167. The average Bonchev–Trinajstić information content (AvgIpc) is 2.64. The second kappa shape index (κ2) is 4.65. The molecule has 4 nitrogen and oxygen atoms in total. The normalized spacial score (nSPS) is 15.3. The quantitative estimate of drug-likeness (QED) is 0.796. The van der Waals surface area contributed by atoms with Gasteiger partial charge >= 0.3 is 6.09 Å². The number of hydrogen-bond acceptors (Lipinski definition) is 3. The number of rotatable bonds is 1. The lowest BCUT2D eigenvalue weighted by Gasteiger charge is -2.13. The van der Waals surface area contributed by atoms with Crippen molar-refractivity contribution < 1.29 is 14.3 Å². The first-order chi connectivity index (χ1) is 7.66. The molecule has 84 valence electrons. The molecule has 0 aliphatic carbocycles. The van der Waals surface area contributed by atoms with Crippen LogP contribution in [0.15, 0.2) is 28.7 Å². The van der Waals surface area contributed by atoms with Gasteiger partial charge in [0.15, 0.2) is 0 Å². The number of imide groups is 1. The minimum atomic E-state index is -0.597. The maximum atomic E-state index is 11.6. The summed E-state index contributed by atoms with van der Waals surface area (Å²) in [5, 5.41) is 0. The van der Waals surface area contributed by atoms with Crippen LogP contribution in [0.1, 0.15) is 12.8 Å². The second-order valence-corrected chi connectivity index (χ2v) is 4.39. The van der Waals surface area contributed by atoms with Gasteiger partial charge in [-0.05, 0) is 24.6 Å². The second-order valence-electron chi connectivity index (χ2n) is 3.47. The van der Waals surface area contributed by atoms with Crippen molar-refractivity contribution in [3.63, 3.8) is 0 Å². The predicted octanol–water partition coefficient (Wildman–Crippen LogP) is 2.57. The van der Waals surface area contributed by atoms with E-state index >= 15 is 0 Å². The van der Waals surface area contributed by atoms with E-state index in [9.17, 15) is 9.59 Å². The van der Waals surface area contributed by atoms with Crippen LogP contribution in [0.3, 0.4) is 0 Å². The fourth-order valence-corrected chi connectivity index (χ4v) is 1.91. The molecule has 1 aromatic carbocycles. The summed E-state index contributed by atoms with van der Waals surface area (Å²) in [6.45, 7) is 0.450. The summed E-state index contributed by atoms with van der Waals surface area (Å²) in [5.41, 5.74) is 0. The number of hydrogen-bond donors (Lipinski definition) is 0. The van der Waals surface area contributed by atoms with Gasteiger partial charge in [-0.1, -0.05) is 22.0 Å². The van der Waals surface area contributed by atoms with Crippen LogP contribution >= 0.6 is 15.9 Å². The molecular formula is C11H10BrNO3. The van der Waals surface area contributed by atoms with Gasteiger partial charge in [0.1, 0.15) is 5.75 Å². The Bertz CT molecular complexity index is 433.